The molecule has 16 heavy (non-hydrogen) atoms. The van der Waals surface area contributed by atoms with Gasteiger partial charge in [0.25, 0.3) is 0 Å². The van der Waals surface area contributed by atoms with E-state index in [-0.39, 0.29) is 11.4 Å². The van der Waals surface area contributed by atoms with Gasteiger partial charge < -0.3 is 16.0 Å². The third kappa shape index (κ3) is 11.5. The zero-order valence-electron chi connectivity index (χ0n) is 11.3. The van der Waals surface area contributed by atoms with Gasteiger partial charge in [-0.15, -0.1) is 0 Å². The van der Waals surface area contributed by atoms with Crippen molar-refractivity contribution in [3.8, 4) is 0 Å². The van der Waals surface area contributed by atoms with Crippen LogP contribution in [0.4, 0.5) is 0 Å². The van der Waals surface area contributed by atoms with Gasteiger partial charge in [-0.2, -0.15) is 0 Å². The SMILES string of the molecule is CC(C)NCCCNC(=O)CNC(C)(C)C. The molecule has 4 nitrogen and oxygen atoms in total. The van der Waals surface area contributed by atoms with Crippen LogP contribution in [0.15, 0.2) is 0 Å². The van der Waals surface area contributed by atoms with Gasteiger partial charge in [0.15, 0.2) is 0 Å². The number of rotatable bonds is 7. The molecule has 1 amide bonds. The van der Waals surface area contributed by atoms with Gasteiger partial charge in [-0.1, -0.05) is 13.8 Å². The lowest BCUT2D eigenvalue weighted by Gasteiger charge is -2.20. The average Bonchev–Trinajstić information content (AvgIpc) is 2.12. The third-order valence-electron chi connectivity index (χ3n) is 2.01. The van der Waals surface area contributed by atoms with E-state index in [0.29, 0.717) is 12.6 Å². The van der Waals surface area contributed by atoms with Gasteiger partial charge in [0, 0.05) is 18.1 Å². The Labute approximate surface area is 99.6 Å². The minimum atomic E-state index is -0.00343. The van der Waals surface area contributed by atoms with Crippen LogP contribution in [-0.2, 0) is 4.79 Å². The number of amides is 1. The fraction of sp³-hybridized carbons (Fsp3) is 0.917. The first kappa shape index (κ1) is 15.4. The summed E-state index contributed by atoms with van der Waals surface area (Å²) in [5.41, 5.74) is -0.00343. The fourth-order valence-corrected chi connectivity index (χ4v) is 1.11. The smallest absolute Gasteiger partial charge is 0.233 e. The Bertz CT molecular complexity index is 197. The van der Waals surface area contributed by atoms with E-state index in [2.05, 4.69) is 29.8 Å². The minimum absolute atomic E-state index is 0.00343. The Hall–Kier alpha value is -0.610. The highest BCUT2D eigenvalue weighted by molar-refractivity contribution is 5.78. The van der Waals surface area contributed by atoms with Crippen LogP contribution in [0.25, 0.3) is 0 Å². The molecule has 0 unspecified atom stereocenters. The van der Waals surface area contributed by atoms with E-state index in [1.807, 2.05) is 20.8 Å². The molecule has 0 aromatic heterocycles. The van der Waals surface area contributed by atoms with E-state index < -0.39 is 0 Å². The summed E-state index contributed by atoms with van der Waals surface area (Å²) in [7, 11) is 0. The lowest BCUT2D eigenvalue weighted by molar-refractivity contribution is -0.120. The summed E-state index contributed by atoms with van der Waals surface area (Å²) in [6, 6.07) is 0.512. The van der Waals surface area contributed by atoms with Crippen LogP contribution < -0.4 is 16.0 Å². The first-order chi connectivity index (χ1) is 7.31. The highest BCUT2D eigenvalue weighted by Crippen LogP contribution is 1.96. The molecule has 0 heterocycles. The van der Waals surface area contributed by atoms with Crippen molar-refractivity contribution in [2.24, 2.45) is 0 Å². The molecule has 0 rings (SSSR count). The van der Waals surface area contributed by atoms with E-state index in [1.165, 1.54) is 0 Å². The van der Waals surface area contributed by atoms with Crippen LogP contribution in [0.1, 0.15) is 41.0 Å². The number of carbonyl (C=O) groups excluding carboxylic acids is 1. The van der Waals surface area contributed by atoms with E-state index in [4.69, 9.17) is 0 Å². The normalized spacial score (nSPS) is 11.9. The minimum Gasteiger partial charge on any atom is -0.355 e. The van der Waals surface area contributed by atoms with Gasteiger partial charge >= 0.3 is 0 Å². The predicted octanol–water partition coefficient (Wildman–Crippen LogP) is 0.879. The van der Waals surface area contributed by atoms with Gasteiger partial charge in [-0.25, -0.2) is 0 Å². The van der Waals surface area contributed by atoms with Gasteiger partial charge in [0.1, 0.15) is 0 Å². The Morgan fingerprint density at radius 3 is 2.31 bits per heavy atom. The molecule has 0 aliphatic carbocycles. The highest BCUT2D eigenvalue weighted by atomic mass is 16.1. The van der Waals surface area contributed by atoms with Crippen molar-refractivity contribution in [1.29, 1.82) is 0 Å². The first-order valence-corrected chi connectivity index (χ1v) is 6.06. The fourth-order valence-electron chi connectivity index (χ4n) is 1.11. The summed E-state index contributed by atoms with van der Waals surface area (Å²) in [6.07, 6.45) is 0.972. The molecule has 0 spiro atoms. The average molecular weight is 229 g/mol. The largest absolute Gasteiger partial charge is 0.355 e. The summed E-state index contributed by atoms with van der Waals surface area (Å²) in [4.78, 5) is 11.4. The van der Waals surface area contributed by atoms with E-state index >= 15 is 0 Å². The van der Waals surface area contributed by atoms with Crippen molar-refractivity contribution in [3.63, 3.8) is 0 Å². The molecule has 0 bridgehead atoms. The maximum atomic E-state index is 11.4. The zero-order valence-corrected chi connectivity index (χ0v) is 11.3. The summed E-state index contributed by atoms with van der Waals surface area (Å²) < 4.78 is 0. The molecule has 0 fully saturated rings. The highest BCUT2D eigenvalue weighted by Gasteiger charge is 2.10. The van der Waals surface area contributed by atoms with E-state index in [1.54, 1.807) is 0 Å². The van der Waals surface area contributed by atoms with Crippen LogP contribution in [0.3, 0.4) is 0 Å². The molecule has 0 aliphatic rings. The van der Waals surface area contributed by atoms with Crippen molar-refractivity contribution >= 4 is 5.91 Å². The van der Waals surface area contributed by atoms with Crippen molar-refractivity contribution in [1.82, 2.24) is 16.0 Å². The van der Waals surface area contributed by atoms with Crippen molar-refractivity contribution in [2.75, 3.05) is 19.6 Å². The van der Waals surface area contributed by atoms with Crippen LogP contribution in [0.5, 0.6) is 0 Å². The Kier molecular flexibility index (Phi) is 7.34. The predicted molar refractivity (Wildman–Crippen MR) is 68.5 cm³/mol. The van der Waals surface area contributed by atoms with Crippen molar-refractivity contribution in [3.05, 3.63) is 0 Å². The quantitative estimate of drug-likeness (QED) is 0.568. The summed E-state index contributed by atoms with van der Waals surface area (Å²) in [5.74, 6) is 0.0690. The molecular formula is C12H27N3O. The molecule has 0 aliphatic heterocycles. The van der Waals surface area contributed by atoms with E-state index in [9.17, 15) is 4.79 Å². The topological polar surface area (TPSA) is 53.2 Å². The Balaban J connectivity index is 3.38. The maximum absolute atomic E-state index is 11.4. The third-order valence-corrected chi connectivity index (χ3v) is 2.01. The number of nitrogens with one attached hydrogen (secondary N) is 3. The molecule has 0 aromatic carbocycles. The maximum Gasteiger partial charge on any atom is 0.233 e. The lowest BCUT2D eigenvalue weighted by atomic mass is 10.1. The molecule has 0 atom stereocenters. The summed E-state index contributed by atoms with van der Waals surface area (Å²) in [5, 5.41) is 9.35. The van der Waals surface area contributed by atoms with Gasteiger partial charge in [0.05, 0.1) is 6.54 Å². The van der Waals surface area contributed by atoms with Crippen molar-refractivity contribution in [2.45, 2.75) is 52.6 Å². The second-order valence-corrected chi connectivity index (χ2v) is 5.42. The lowest BCUT2D eigenvalue weighted by Crippen LogP contribution is -2.43. The van der Waals surface area contributed by atoms with Gasteiger partial charge in [-0.05, 0) is 33.7 Å². The van der Waals surface area contributed by atoms with Gasteiger partial charge in [0.2, 0.25) is 5.91 Å². The monoisotopic (exact) mass is 229 g/mol. The second kappa shape index (κ2) is 7.63. The molecule has 4 heteroatoms. The van der Waals surface area contributed by atoms with Crippen LogP contribution in [0, 0.1) is 0 Å². The Morgan fingerprint density at radius 1 is 1.19 bits per heavy atom. The number of hydrogen-bond donors (Lipinski definition) is 3. The zero-order chi connectivity index (χ0) is 12.6. The summed E-state index contributed by atoms with van der Waals surface area (Å²) in [6.45, 7) is 12.5. The molecule has 96 valence electrons. The molecule has 0 saturated carbocycles. The molecule has 0 saturated heterocycles. The summed E-state index contributed by atoms with van der Waals surface area (Å²) >= 11 is 0. The van der Waals surface area contributed by atoms with Crippen LogP contribution in [0.2, 0.25) is 0 Å². The number of carbonyl (C=O) groups is 1. The molecule has 0 aromatic rings. The Morgan fingerprint density at radius 2 is 1.81 bits per heavy atom. The van der Waals surface area contributed by atoms with E-state index in [0.717, 1.165) is 19.5 Å². The van der Waals surface area contributed by atoms with Gasteiger partial charge in [-0.3, -0.25) is 4.79 Å². The van der Waals surface area contributed by atoms with Crippen molar-refractivity contribution < 1.29 is 4.79 Å². The second-order valence-electron chi connectivity index (χ2n) is 5.42. The number of hydrogen-bond acceptors (Lipinski definition) is 3. The standard InChI is InChI=1S/C12H27N3O/c1-10(2)13-7-6-8-14-11(16)9-15-12(3,4)5/h10,13,15H,6-9H2,1-5H3,(H,14,16). The molecule has 0 radical (unpaired) electrons. The molecule has 3 N–H and O–H groups in total. The molecular weight excluding hydrogens is 202 g/mol. The van der Waals surface area contributed by atoms with Crippen LogP contribution >= 0.6 is 0 Å². The van der Waals surface area contributed by atoms with Crippen LogP contribution in [-0.4, -0.2) is 37.1 Å². The first-order valence-electron chi connectivity index (χ1n) is 6.06.